The van der Waals surface area contributed by atoms with Crippen LogP contribution in [0.25, 0.3) is 0 Å². The standard InChI is InChI=1S/C13H16Cl2O2/c1-3-4-10-8-16-13(2,17-10)11-6-5-9(14)7-12(11)15/h5-7,10H,3-4,8H2,1-2H3. The Labute approximate surface area is 112 Å². The minimum Gasteiger partial charge on any atom is -0.343 e. The zero-order valence-electron chi connectivity index (χ0n) is 10.0. The molecule has 0 aromatic heterocycles. The Morgan fingerprint density at radius 2 is 2.18 bits per heavy atom. The van der Waals surface area contributed by atoms with Crippen molar-refractivity contribution in [1.82, 2.24) is 0 Å². The van der Waals surface area contributed by atoms with Gasteiger partial charge in [0.15, 0.2) is 5.79 Å². The number of hydrogen-bond donors (Lipinski definition) is 0. The van der Waals surface area contributed by atoms with Crippen LogP contribution in [0.5, 0.6) is 0 Å². The molecule has 1 aromatic carbocycles. The van der Waals surface area contributed by atoms with Crippen molar-refractivity contribution in [2.75, 3.05) is 6.61 Å². The highest BCUT2D eigenvalue weighted by Gasteiger charge is 2.39. The fourth-order valence-corrected chi connectivity index (χ4v) is 2.68. The lowest BCUT2D eigenvalue weighted by Crippen LogP contribution is -2.24. The molecular formula is C13H16Cl2O2. The Morgan fingerprint density at radius 3 is 2.82 bits per heavy atom. The molecule has 0 bridgehead atoms. The maximum absolute atomic E-state index is 6.18. The summed E-state index contributed by atoms with van der Waals surface area (Å²) in [5, 5.41) is 1.20. The first kappa shape index (κ1) is 13.2. The number of halogens is 2. The third kappa shape index (κ3) is 2.76. The maximum Gasteiger partial charge on any atom is 0.193 e. The van der Waals surface area contributed by atoms with E-state index >= 15 is 0 Å². The smallest absolute Gasteiger partial charge is 0.193 e. The lowest BCUT2D eigenvalue weighted by atomic mass is 10.1. The summed E-state index contributed by atoms with van der Waals surface area (Å²) in [6, 6.07) is 5.37. The normalized spacial score (nSPS) is 28.6. The van der Waals surface area contributed by atoms with E-state index in [4.69, 9.17) is 32.7 Å². The highest BCUT2D eigenvalue weighted by atomic mass is 35.5. The molecule has 1 aliphatic rings. The van der Waals surface area contributed by atoms with E-state index in [1.54, 1.807) is 12.1 Å². The van der Waals surface area contributed by atoms with Gasteiger partial charge in [-0.2, -0.15) is 0 Å². The fourth-order valence-electron chi connectivity index (χ4n) is 2.10. The highest BCUT2D eigenvalue weighted by Crippen LogP contribution is 2.39. The van der Waals surface area contributed by atoms with Crippen molar-refractivity contribution < 1.29 is 9.47 Å². The average Bonchev–Trinajstić information content (AvgIpc) is 2.61. The molecule has 2 rings (SSSR count). The van der Waals surface area contributed by atoms with Crippen LogP contribution in [0.1, 0.15) is 32.3 Å². The molecule has 0 aliphatic carbocycles. The number of hydrogen-bond acceptors (Lipinski definition) is 2. The minimum absolute atomic E-state index is 0.150. The van der Waals surface area contributed by atoms with Gasteiger partial charge in [-0.1, -0.05) is 42.6 Å². The van der Waals surface area contributed by atoms with E-state index in [0.29, 0.717) is 16.7 Å². The predicted molar refractivity (Wildman–Crippen MR) is 69.5 cm³/mol. The van der Waals surface area contributed by atoms with E-state index < -0.39 is 5.79 Å². The number of rotatable bonds is 3. The molecule has 2 atom stereocenters. The van der Waals surface area contributed by atoms with Crippen molar-refractivity contribution in [2.45, 2.75) is 38.6 Å². The summed E-state index contributed by atoms with van der Waals surface area (Å²) < 4.78 is 11.7. The fraction of sp³-hybridized carbons (Fsp3) is 0.538. The van der Waals surface area contributed by atoms with Crippen molar-refractivity contribution >= 4 is 23.2 Å². The van der Waals surface area contributed by atoms with Crippen LogP contribution in [0, 0.1) is 0 Å². The van der Waals surface area contributed by atoms with Crippen LogP contribution < -0.4 is 0 Å². The number of benzene rings is 1. The second kappa shape index (κ2) is 5.15. The average molecular weight is 275 g/mol. The molecule has 0 spiro atoms. The summed E-state index contributed by atoms with van der Waals surface area (Å²) >= 11 is 12.1. The van der Waals surface area contributed by atoms with Crippen LogP contribution in [-0.2, 0) is 15.3 Å². The summed E-state index contributed by atoms with van der Waals surface area (Å²) in [5.41, 5.74) is 0.835. The maximum atomic E-state index is 6.18. The van der Waals surface area contributed by atoms with Gasteiger partial charge in [0.25, 0.3) is 0 Å². The summed E-state index contributed by atoms with van der Waals surface area (Å²) in [6.45, 7) is 4.65. The van der Waals surface area contributed by atoms with Gasteiger partial charge < -0.3 is 9.47 Å². The first-order valence-corrected chi connectivity index (χ1v) is 6.58. The second-order valence-corrected chi connectivity index (χ2v) is 5.25. The molecule has 0 saturated carbocycles. The molecule has 2 unspecified atom stereocenters. The van der Waals surface area contributed by atoms with Crippen LogP contribution >= 0.6 is 23.2 Å². The Kier molecular flexibility index (Phi) is 3.99. The Bertz CT molecular complexity index is 408. The molecule has 1 saturated heterocycles. The molecule has 4 heteroatoms. The Balaban J connectivity index is 2.21. The highest BCUT2D eigenvalue weighted by molar-refractivity contribution is 6.35. The second-order valence-electron chi connectivity index (χ2n) is 4.41. The monoisotopic (exact) mass is 274 g/mol. The molecule has 2 nitrogen and oxygen atoms in total. The SMILES string of the molecule is CCCC1COC(C)(c2ccc(Cl)cc2Cl)O1. The molecular weight excluding hydrogens is 259 g/mol. The van der Waals surface area contributed by atoms with Gasteiger partial charge in [0.1, 0.15) is 0 Å². The van der Waals surface area contributed by atoms with E-state index in [1.807, 2.05) is 13.0 Å². The van der Waals surface area contributed by atoms with E-state index in [-0.39, 0.29) is 6.10 Å². The van der Waals surface area contributed by atoms with Crippen molar-refractivity contribution in [2.24, 2.45) is 0 Å². The van der Waals surface area contributed by atoms with Crippen molar-refractivity contribution in [3.05, 3.63) is 33.8 Å². The molecule has 1 fully saturated rings. The van der Waals surface area contributed by atoms with E-state index in [9.17, 15) is 0 Å². The van der Waals surface area contributed by atoms with Gasteiger partial charge in [-0.3, -0.25) is 0 Å². The van der Waals surface area contributed by atoms with Crippen LogP contribution in [0.2, 0.25) is 10.0 Å². The van der Waals surface area contributed by atoms with E-state index in [2.05, 4.69) is 6.92 Å². The molecule has 0 N–H and O–H groups in total. The largest absolute Gasteiger partial charge is 0.343 e. The zero-order valence-corrected chi connectivity index (χ0v) is 11.5. The number of ether oxygens (including phenoxy) is 2. The molecule has 0 amide bonds. The van der Waals surface area contributed by atoms with Crippen LogP contribution in [-0.4, -0.2) is 12.7 Å². The third-order valence-corrected chi connectivity index (χ3v) is 3.52. The molecule has 1 aromatic rings. The lowest BCUT2D eigenvalue weighted by molar-refractivity contribution is -0.162. The van der Waals surface area contributed by atoms with Crippen LogP contribution in [0.15, 0.2) is 18.2 Å². The van der Waals surface area contributed by atoms with Gasteiger partial charge in [0, 0.05) is 10.6 Å². The lowest BCUT2D eigenvalue weighted by Gasteiger charge is -2.25. The van der Waals surface area contributed by atoms with Gasteiger partial charge in [0.05, 0.1) is 17.7 Å². The summed E-state index contributed by atoms with van der Waals surface area (Å²) in [4.78, 5) is 0. The van der Waals surface area contributed by atoms with Gasteiger partial charge in [-0.15, -0.1) is 0 Å². The molecule has 17 heavy (non-hydrogen) atoms. The van der Waals surface area contributed by atoms with Gasteiger partial charge in [-0.05, 0) is 25.5 Å². The zero-order chi connectivity index (χ0) is 12.5. The predicted octanol–water partition coefficient (Wildman–Crippen LogP) is 4.38. The first-order chi connectivity index (χ1) is 8.05. The Morgan fingerprint density at radius 1 is 1.41 bits per heavy atom. The molecule has 0 radical (unpaired) electrons. The van der Waals surface area contributed by atoms with Crippen molar-refractivity contribution in [3.63, 3.8) is 0 Å². The molecule has 94 valence electrons. The summed E-state index contributed by atoms with van der Waals surface area (Å²) in [6.07, 6.45) is 2.23. The summed E-state index contributed by atoms with van der Waals surface area (Å²) in [7, 11) is 0. The van der Waals surface area contributed by atoms with Crippen LogP contribution in [0.4, 0.5) is 0 Å². The van der Waals surface area contributed by atoms with Crippen molar-refractivity contribution in [1.29, 1.82) is 0 Å². The van der Waals surface area contributed by atoms with Gasteiger partial charge in [-0.25, -0.2) is 0 Å². The Hall–Kier alpha value is -0.280. The molecule has 1 aliphatic heterocycles. The minimum atomic E-state index is -0.749. The van der Waals surface area contributed by atoms with Crippen LogP contribution in [0.3, 0.4) is 0 Å². The molecule has 1 heterocycles. The van der Waals surface area contributed by atoms with Gasteiger partial charge >= 0.3 is 0 Å². The van der Waals surface area contributed by atoms with Gasteiger partial charge in [0.2, 0.25) is 0 Å². The third-order valence-electron chi connectivity index (χ3n) is 2.97. The quantitative estimate of drug-likeness (QED) is 0.814. The van der Waals surface area contributed by atoms with E-state index in [0.717, 1.165) is 18.4 Å². The topological polar surface area (TPSA) is 18.5 Å². The first-order valence-electron chi connectivity index (χ1n) is 5.82. The van der Waals surface area contributed by atoms with Crippen molar-refractivity contribution in [3.8, 4) is 0 Å². The van der Waals surface area contributed by atoms with E-state index in [1.165, 1.54) is 0 Å². The summed E-state index contributed by atoms with van der Waals surface area (Å²) in [5.74, 6) is -0.749.